The molecule has 0 bridgehead atoms. The molecule has 0 aliphatic carbocycles. The first kappa shape index (κ1) is 20.0. The van der Waals surface area contributed by atoms with Gasteiger partial charge in [0.1, 0.15) is 27.3 Å². The van der Waals surface area contributed by atoms with Gasteiger partial charge < -0.3 is 5.32 Å². The number of sulfone groups is 1. The van der Waals surface area contributed by atoms with E-state index in [2.05, 4.69) is 25.5 Å². The molecule has 1 unspecified atom stereocenters. The van der Waals surface area contributed by atoms with Crippen molar-refractivity contribution in [3.63, 3.8) is 0 Å². The molecule has 0 aliphatic rings. The standard InChI is InChI=1S/C21H20FN5O2S/c1-13-11-19(27-26-13)24-20-16-5-3-4-6-18(16)23-21(25-20)17(12-30(2,28)29)14-7-9-15(22)10-8-14/h3-11,17H,12H2,1-2H3,(H2,23,24,25,26,27). The van der Waals surface area contributed by atoms with E-state index < -0.39 is 21.6 Å². The largest absolute Gasteiger partial charge is 0.323 e. The van der Waals surface area contributed by atoms with Gasteiger partial charge >= 0.3 is 0 Å². The molecule has 30 heavy (non-hydrogen) atoms. The van der Waals surface area contributed by atoms with Crippen LogP contribution < -0.4 is 5.32 Å². The highest BCUT2D eigenvalue weighted by atomic mass is 32.2. The fourth-order valence-corrected chi connectivity index (χ4v) is 4.21. The Kier molecular flexibility index (Phi) is 5.21. The van der Waals surface area contributed by atoms with Crippen molar-refractivity contribution in [3.8, 4) is 0 Å². The first-order valence-corrected chi connectivity index (χ1v) is 11.3. The van der Waals surface area contributed by atoms with E-state index in [0.717, 1.165) is 17.3 Å². The summed E-state index contributed by atoms with van der Waals surface area (Å²) in [6, 6.07) is 15.0. The number of rotatable bonds is 6. The van der Waals surface area contributed by atoms with Crippen molar-refractivity contribution in [2.45, 2.75) is 12.8 Å². The van der Waals surface area contributed by atoms with Gasteiger partial charge in [-0.3, -0.25) is 5.10 Å². The molecule has 9 heteroatoms. The lowest BCUT2D eigenvalue weighted by molar-refractivity contribution is 0.596. The number of para-hydroxylation sites is 1. The summed E-state index contributed by atoms with van der Waals surface area (Å²) in [5.74, 6) is 0.198. The Morgan fingerprint density at radius 1 is 1.10 bits per heavy atom. The van der Waals surface area contributed by atoms with E-state index >= 15 is 0 Å². The SMILES string of the molecule is Cc1cc(Nc2nc(C(CS(C)(=O)=O)c3ccc(F)cc3)nc3ccccc23)n[nH]1. The lowest BCUT2D eigenvalue weighted by Gasteiger charge is -2.17. The van der Waals surface area contributed by atoms with Gasteiger partial charge in [-0.25, -0.2) is 22.8 Å². The molecule has 2 aromatic carbocycles. The van der Waals surface area contributed by atoms with Crippen LogP contribution in [0.15, 0.2) is 54.6 Å². The van der Waals surface area contributed by atoms with E-state index in [4.69, 9.17) is 0 Å². The molecular weight excluding hydrogens is 405 g/mol. The number of H-pyrrole nitrogens is 1. The molecule has 1 atom stereocenters. The predicted molar refractivity (Wildman–Crippen MR) is 114 cm³/mol. The first-order chi connectivity index (χ1) is 14.3. The number of anilines is 2. The third-order valence-corrected chi connectivity index (χ3v) is 5.57. The van der Waals surface area contributed by atoms with Crippen LogP contribution in [-0.2, 0) is 9.84 Å². The highest BCUT2D eigenvalue weighted by Crippen LogP contribution is 2.29. The molecule has 154 valence electrons. The number of hydrogen-bond donors (Lipinski definition) is 2. The van der Waals surface area contributed by atoms with Crippen molar-refractivity contribution < 1.29 is 12.8 Å². The van der Waals surface area contributed by atoms with Gasteiger partial charge in [-0.2, -0.15) is 5.10 Å². The zero-order valence-electron chi connectivity index (χ0n) is 16.4. The molecule has 0 amide bonds. The van der Waals surface area contributed by atoms with E-state index in [1.807, 2.05) is 37.3 Å². The summed E-state index contributed by atoms with van der Waals surface area (Å²) in [4.78, 5) is 9.28. The summed E-state index contributed by atoms with van der Waals surface area (Å²) in [5, 5.41) is 11.0. The maximum Gasteiger partial charge on any atom is 0.153 e. The van der Waals surface area contributed by atoms with Gasteiger partial charge in [-0.15, -0.1) is 0 Å². The molecule has 2 aromatic heterocycles. The topological polar surface area (TPSA) is 101 Å². The molecule has 2 N–H and O–H groups in total. The van der Waals surface area contributed by atoms with Gasteiger partial charge in [0, 0.05) is 23.4 Å². The fourth-order valence-electron chi connectivity index (χ4n) is 3.27. The number of benzene rings is 2. The Balaban J connectivity index is 1.86. The average Bonchev–Trinajstić information content (AvgIpc) is 3.11. The quantitative estimate of drug-likeness (QED) is 0.488. The summed E-state index contributed by atoms with van der Waals surface area (Å²) in [6.07, 6.45) is 1.16. The molecule has 0 fully saturated rings. The highest BCUT2D eigenvalue weighted by Gasteiger charge is 2.24. The zero-order chi connectivity index (χ0) is 21.3. The Morgan fingerprint density at radius 3 is 2.50 bits per heavy atom. The fraction of sp³-hybridized carbons (Fsp3) is 0.190. The average molecular weight is 425 g/mol. The number of fused-ring (bicyclic) bond motifs is 1. The smallest absolute Gasteiger partial charge is 0.153 e. The normalized spacial score (nSPS) is 12.8. The second-order valence-corrected chi connectivity index (χ2v) is 9.39. The molecule has 7 nitrogen and oxygen atoms in total. The van der Waals surface area contributed by atoms with Crippen LogP contribution in [0.1, 0.15) is 23.0 Å². The van der Waals surface area contributed by atoms with Crippen molar-refractivity contribution in [1.29, 1.82) is 0 Å². The Hall–Kier alpha value is -3.33. The van der Waals surface area contributed by atoms with Gasteiger partial charge in [-0.05, 0) is 36.8 Å². The summed E-state index contributed by atoms with van der Waals surface area (Å²) in [6.45, 7) is 1.89. The van der Waals surface area contributed by atoms with Crippen LogP contribution in [0.2, 0.25) is 0 Å². The summed E-state index contributed by atoms with van der Waals surface area (Å²) in [7, 11) is -3.36. The maximum absolute atomic E-state index is 13.4. The van der Waals surface area contributed by atoms with Crippen LogP contribution in [0.4, 0.5) is 16.0 Å². The Bertz CT molecular complexity index is 1300. The van der Waals surface area contributed by atoms with Gasteiger partial charge in [0.05, 0.1) is 17.2 Å². The molecule has 4 aromatic rings. The minimum Gasteiger partial charge on any atom is -0.323 e. The van der Waals surface area contributed by atoms with Crippen molar-refractivity contribution in [1.82, 2.24) is 20.2 Å². The maximum atomic E-state index is 13.4. The van der Waals surface area contributed by atoms with Crippen molar-refractivity contribution in [3.05, 3.63) is 77.5 Å². The second-order valence-electron chi connectivity index (χ2n) is 7.21. The predicted octanol–water partition coefficient (Wildman–Crippen LogP) is 3.72. The molecule has 0 radical (unpaired) electrons. The number of aryl methyl sites for hydroxylation is 1. The third-order valence-electron chi connectivity index (χ3n) is 4.63. The molecule has 0 spiro atoms. The molecule has 2 heterocycles. The number of hydrogen-bond acceptors (Lipinski definition) is 6. The van der Waals surface area contributed by atoms with E-state index in [1.54, 1.807) is 12.1 Å². The molecule has 0 saturated carbocycles. The van der Waals surface area contributed by atoms with Gasteiger partial charge in [-0.1, -0.05) is 24.3 Å². The van der Waals surface area contributed by atoms with Crippen molar-refractivity contribution in [2.24, 2.45) is 0 Å². The monoisotopic (exact) mass is 425 g/mol. The molecular formula is C21H20FN5O2S. The zero-order valence-corrected chi connectivity index (χ0v) is 17.2. The van der Waals surface area contributed by atoms with Gasteiger partial charge in [0.15, 0.2) is 5.82 Å². The Labute approximate surface area is 173 Å². The molecule has 0 aliphatic heterocycles. The van der Waals surface area contributed by atoms with E-state index in [0.29, 0.717) is 28.5 Å². The third kappa shape index (κ3) is 4.46. The van der Waals surface area contributed by atoms with E-state index in [9.17, 15) is 12.8 Å². The molecule has 4 rings (SSSR count). The van der Waals surface area contributed by atoms with Crippen LogP contribution in [-0.4, -0.2) is 40.6 Å². The number of aromatic nitrogens is 4. The van der Waals surface area contributed by atoms with Crippen LogP contribution in [0.5, 0.6) is 0 Å². The number of nitrogens with zero attached hydrogens (tertiary/aromatic N) is 3. The highest BCUT2D eigenvalue weighted by molar-refractivity contribution is 7.90. The van der Waals surface area contributed by atoms with Crippen LogP contribution in [0.3, 0.4) is 0 Å². The van der Waals surface area contributed by atoms with Crippen molar-refractivity contribution in [2.75, 3.05) is 17.3 Å². The summed E-state index contributed by atoms with van der Waals surface area (Å²) >= 11 is 0. The minimum absolute atomic E-state index is 0.197. The van der Waals surface area contributed by atoms with Crippen LogP contribution in [0.25, 0.3) is 10.9 Å². The number of aromatic amines is 1. The number of halogens is 1. The molecule has 0 saturated heterocycles. The summed E-state index contributed by atoms with van der Waals surface area (Å²) in [5.41, 5.74) is 2.17. The number of nitrogens with one attached hydrogen (secondary N) is 2. The first-order valence-electron chi connectivity index (χ1n) is 9.27. The lowest BCUT2D eigenvalue weighted by atomic mass is 10.00. The van der Waals surface area contributed by atoms with E-state index in [-0.39, 0.29) is 5.75 Å². The van der Waals surface area contributed by atoms with Gasteiger partial charge in [0.2, 0.25) is 0 Å². The summed E-state index contributed by atoms with van der Waals surface area (Å²) < 4.78 is 37.7. The van der Waals surface area contributed by atoms with Crippen LogP contribution >= 0.6 is 0 Å². The second kappa shape index (κ2) is 7.83. The lowest BCUT2D eigenvalue weighted by Crippen LogP contribution is -2.18. The minimum atomic E-state index is -3.36. The van der Waals surface area contributed by atoms with Crippen molar-refractivity contribution >= 4 is 32.4 Å². The van der Waals surface area contributed by atoms with Crippen LogP contribution in [0, 0.1) is 12.7 Å². The van der Waals surface area contributed by atoms with E-state index in [1.165, 1.54) is 12.1 Å². The Morgan fingerprint density at radius 2 is 1.83 bits per heavy atom. The van der Waals surface area contributed by atoms with Gasteiger partial charge in [0.25, 0.3) is 0 Å².